The Hall–Kier alpha value is -2.06. The molecule has 2 aromatic heterocycles. The van der Waals surface area contributed by atoms with Crippen LogP contribution in [0.5, 0.6) is 0 Å². The Morgan fingerprint density at radius 3 is 2.59 bits per heavy atom. The van der Waals surface area contributed by atoms with Crippen LogP contribution in [0.1, 0.15) is 46.8 Å². The third kappa shape index (κ3) is 4.81. The van der Waals surface area contributed by atoms with Gasteiger partial charge < -0.3 is 14.7 Å². The molecule has 0 spiro atoms. The van der Waals surface area contributed by atoms with Crippen molar-refractivity contribution in [2.75, 3.05) is 19.7 Å². The zero-order valence-electron chi connectivity index (χ0n) is 16.6. The molecule has 8 nitrogen and oxygen atoms in total. The predicted octanol–water partition coefficient (Wildman–Crippen LogP) is 2.77. The fourth-order valence-corrected chi connectivity index (χ4v) is 3.41. The smallest absolute Gasteiger partial charge is 0.184 e. The number of imidazole rings is 1. The first-order valence-corrected chi connectivity index (χ1v) is 9.70. The van der Waals surface area contributed by atoms with Gasteiger partial charge in [-0.05, 0) is 24.7 Å². The Morgan fingerprint density at radius 2 is 1.96 bits per heavy atom. The maximum atomic E-state index is 9.29. The van der Waals surface area contributed by atoms with Crippen molar-refractivity contribution in [1.29, 1.82) is 0 Å². The van der Waals surface area contributed by atoms with Gasteiger partial charge in [0.05, 0.1) is 25.4 Å². The quantitative estimate of drug-likeness (QED) is 0.565. The second-order valence-electron chi connectivity index (χ2n) is 7.98. The second-order valence-corrected chi connectivity index (χ2v) is 7.98. The van der Waals surface area contributed by atoms with Gasteiger partial charge in [-0.3, -0.25) is 4.57 Å². The molecule has 1 fully saturated rings. The highest BCUT2D eigenvalue weighted by molar-refractivity contribution is 5.82. The van der Waals surface area contributed by atoms with Gasteiger partial charge in [-0.1, -0.05) is 27.7 Å². The molecule has 3 heterocycles. The molecule has 27 heavy (non-hydrogen) atoms. The summed E-state index contributed by atoms with van der Waals surface area (Å²) in [6.45, 7) is 10.7. The SMILES string of the molecule is CC(C)CN(C=Nc1ncnc2c1ncn2[C@H]1CC[C@@H](CO)O1)CC(C)C. The average molecular weight is 374 g/mol. The lowest BCUT2D eigenvalue weighted by atomic mass is 10.1. The minimum Gasteiger partial charge on any atom is -0.394 e. The van der Waals surface area contributed by atoms with Gasteiger partial charge in [0, 0.05) is 13.1 Å². The number of hydrogen-bond acceptors (Lipinski definition) is 6. The van der Waals surface area contributed by atoms with E-state index in [1.165, 1.54) is 6.33 Å². The van der Waals surface area contributed by atoms with Crippen molar-refractivity contribution < 1.29 is 9.84 Å². The van der Waals surface area contributed by atoms with E-state index in [1.807, 2.05) is 10.9 Å². The van der Waals surface area contributed by atoms with E-state index in [2.05, 4.69) is 52.5 Å². The Balaban J connectivity index is 1.83. The molecule has 2 aromatic rings. The highest BCUT2D eigenvalue weighted by Crippen LogP contribution is 2.31. The molecule has 148 valence electrons. The van der Waals surface area contributed by atoms with Crippen molar-refractivity contribution in [2.24, 2.45) is 16.8 Å². The molecule has 0 amide bonds. The summed E-state index contributed by atoms with van der Waals surface area (Å²) in [6.07, 6.45) is 6.49. The van der Waals surface area contributed by atoms with Crippen molar-refractivity contribution >= 4 is 23.3 Å². The van der Waals surface area contributed by atoms with Gasteiger partial charge >= 0.3 is 0 Å². The minimum absolute atomic E-state index is 0.0369. The van der Waals surface area contributed by atoms with Gasteiger partial charge in [-0.2, -0.15) is 0 Å². The van der Waals surface area contributed by atoms with E-state index >= 15 is 0 Å². The Morgan fingerprint density at radius 1 is 1.22 bits per heavy atom. The van der Waals surface area contributed by atoms with Gasteiger partial charge in [0.25, 0.3) is 0 Å². The lowest BCUT2D eigenvalue weighted by Crippen LogP contribution is -2.30. The second kappa shape index (κ2) is 8.75. The minimum atomic E-state index is -0.155. The molecule has 8 heteroatoms. The first-order chi connectivity index (χ1) is 13.0. The summed E-state index contributed by atoms with van der Waals surface area (Å²) >= 11 is 0. The van der Waals surface area contributed by atoms with Crippen LogP contribution in [-0.2, 0) is 4.74 Å². The number of aliphatic hydroxyl groups excluding tert-OH is 1. The summed E-state index contributed by atoms with van der Waals surface area (Å²) in [5, 5.41) is 9.29. The summed E-state index contributed by atoms with van der Waals surface area (Å²) < 4.78 is 7.76. The number of fused-ring (bicyclic) bond motifs is 1. The van der Waals surface area contributed by atoms with Gasteiger partial charge in [0.2, 0.25) is 0 Å². The molecule has 0 unspecified atom stereocenters. The molecule has 2 atom stereocenters. The van der Waals surface area contributed by atoms with Crippen molar-refractivity contribution in [3.8, 4) is 0 Å². The molecule has 1 saturated heterocycles. The normalized spacial score (nSPS) is 20.6. The molecule has 1 aliphatic heterocycles. The summed E-state index contributed by atoms with van der Waals surface area (Å²) in [4.78, 5) is 20.0. The molecule has 0 aliphatic carbocycles. The van der Waals surface area contributed by atoms with E-state index in [4.69, 9.17) is 4.74 Å². The third-order valence-electron chi connectivity index (χ3n) is 4.48. The molecule has 1 N–H and O–H groups in total. The monoisotopic (exact) mass is 374 g/mol. The van der Waals surface area contributed by atoms with Crippen molar-refractivity contribution in [3.63, 3.8) is 0 Å². The van der Waals surface area contributed by atoms with Crippen molar-refractivity contribution in [1.82, 2.24) is 24.4 Å². The molecular formula is C19H30N6O2. The molecule has 3 rings (SSSR count). The highest BCUT2D eigenvalue weighted by Gasteiger charge is 2.27. The van der Waals surface area contributed by atoms with Crippen molar-refractivity contribution in [2.45, 2.75) is 52.9 Å². The van der Waals surface area contributed by atoms with Crippen LogP contribution in [0.25, 0.3) is 11.2 Å². The van der Waals surface area contributed by atoms with E-state index in [0.717, 1.165) is 25.9 Å². The molecule has 1 aliphatic rings. The summed E-state index contributed by atoms with van der Waals surface area (Å²) in [6, 6.07) is 0. The van der Waals surface area contributed by atoms with Crippen LogP contribution in [-0.4, -0.2) is 61.7 Å². The maximum Gasteiger partial charge on any atom is 0.184 e. The molecule has 0 radical (unpaired) electrons. The predicted molar refractivity (Wildman–Crippen MR) is 105 cm³/mol. The number of ether oxygens (including phenoxy) is 1. The van der Waals surface area contributed by atoms with Gasteiger partial charge in [0.15, 0.2) is 17.0 Å². The molecule has 0 aromatic carbocycles. The number of aromatic nitrogens is 4. The van der Waals surface area contributed by atoms with Gasteiger partial charge in [-0.25, -0.2) is 19.9 Å². The molecular weight excluding hydrogens is 344 g/mol. The lowest BCUT2D eigenvalue weighted by molar-refractivity contribution is -0.0207. The van der Waals surface area contributed by atoms with E-state index in [0.29, 0.717) is 28.8 Å². The zero-order valence-corrected chi connectivity index (χ0v) is 16.6. The van der Waals surface area contributed by atoms with E-state index < -0.39 is 0 Å². The molecule has 0 saturated carbocycles. The number of aliphatic hydroxyl groups is 1. The maximum absolute atomic E-state index is 9.29. The number of aliphatic imine (C=N–C) groups is 1. The van der Waals surface area contributed by atoms with Gasteiger partial charge in [0.1, 0.15) is 12.6 Å². The van der Waals surface area contributed by atoms with E-state index in [-0.39, 0.29) is 18.9 Å². The topological polar surface area (TPSA) is 88.7 Å². The van der Waals surface area contributed by atoms with E-state index in [9.17, 15) is 5.11 Å². The summed E-state index contributed by atoms with van der Waals surface area (Å²) in [7, 11) is 0. The summed E-state index contributed by atoms with van der Waals surface area (Å²) in [5.41, 5.74) is 1.37. The van der Waals surface area contributed by atoms with Crippen LogP contribution < -0.4 is 0 Å². The Kier molecular flexibility index (Phi) is 6.38. The van der Waals surface area contributed by atoms with Crippen molar-refractivity contribution in [3.05, 3.63) is 12.7 Å². The van der Waals surface area contributed by atoms with Crippen LogP contribution in [0, 0.1) is 11.8 Å². The number of rotatable bonds is 8. The first kappa shape index (κ1) is 19.7. The van der Waals surface area contributed by atoms with Gasteiger partial charge in [-0.15, -0.1) is 0 Å². The van der Waals surface area contributed by atoms with Crippen LogP contribution >= 0.6 is 0 Å². The fourth-order valence-electron chi connectivity index (χ4n) is 3.41. The highest BCUT2D eigenvalue weighted by atomic mass is 16.5. The number of hydrogen-bond donors (Lipinski definition) is 1. The van der Waals surface area contributed by atoms with Crippen LogP contribution in [0.3, 0.4) is 0 Å². The molecule has 0 bridgehead atoms. The van der Waals surface area contributed by atoms with Crippen LogP contribution in [0.4, 0.5) is 5.82 Å². The fraction of sp³-hybridized carbons (Fsp3) is 0.684. The third-order valence-corrected chi connectivity index (χ3v) is 4.48. The van der Waals surface area contributed by atoms with E-state index in [1.54, 1.807) is 6.33 Å². The summed E-state index contributed by atoms with van der Waals surface area (Å²) in [5.74, 6) is 1.67. The van der Waals surface area contributed by atoms with Crippen LogP contribution in [0.2, 0.25) is 0 Å². The Labute approximate surface area is 160 Å². The standard InChI is InChI=1S/C19H30N6O2/c1-13(2)7-24(8-14(3)4)11-23-18-17-19(21-10-20-18)25(12-22-17)16-6-5-15(9-26)27-16/h10-16,26H,5-9H2,1-4H3/t15-,16+/m0/s1. The lowest BCUT2D eigenvalue weighted by Gasteiger charge is -2.23. The Bertz CT molecular complexity index is 763. The largest absolute Gasteiger partial charge is 0.394 e. The first-order valence-electron chi connectivity index (χ1n) is 9.70. The number of nitrogens with zero attached hydrogens (tertiary/aromatic N) is 6. The zero-order chi connectivity index (χ0) is 19.4. The average Bonchev–Trinajstić information content (AvgIpc) is 3.25. The van der Waals surface area contributed by atoms with Crippen LogP contribution in [0.15, 0.2) is 17.6 Å².